The Labute approximate surface area is 360 Å². The summed E-state index contributed by atoms with van der Waals surface area (Å²) in [5.41, 5.74) is 4.29. The third kappa shape index (κ3) is 9.38. The Morgan fingerprint density at radius 3 is 1.39 bits per heavy atom. The highest BCUT2D eigenvalue weighted by Crippen LogP contribution is 2.42. The van der Waals surface area contributed by atoms with Gasteiger partial charge in [0, 0.05) is 14.7 Å². The van der Waals surface area contributed by atoms with Crippen molar-refractivity contribution in [3.05, 3.63) is 215 Å². The predicted octanol–water partition coefficient (Wildman–Crippen LogP) is 9.91. The molecular weight excluding hydrogens is 779 g/mol. The number of nitrogens with zero attached hydrogens (tertiary/aromatic N) is 1. The zero-order valence-corrected chi connectivity index (χ0v) is 36.0. The maximum Gasteiger partial charge on any atom is 0.262 e. The quantitative estimate of drug-likeness (QED) is 0.0514. The largest absolute Gasteiger partial charge is 0.368 e. The maximum absolute atomic E-state index is 14.5. The molecular formula is C52H53NO7Si. The van der Waals surface area contributed by atoms with Gasteiger partial charge in [0.15, 0.2) is 6.29 Å². The van der Waals surface area contributed by atoms with Crippen molar-refractivity contribution in [2.24, 2.45) is 0 Å². The van der Waals surface area contributed by atoms with Crippen molar-refractivity contribution in [2.45, 2.75) is 75.1 Å². The van der Waals surface area contributed by atoms with Crippen LogP contribution in [0.1, 0.15) is 48.5 Å². The smallest absolute Gasteiger partial charge is 0.262 e. The first-order valence-corrected chi connectivity index (χ1v) is 24.8. The Bertz CT molecular complexity index is 2210. The van der Waals surface area contributed by atoms with Gasteiger partial charge in [0.25, 0.3) is 11.8 Å². The van der Waals surface area contributed by atoms with Crippen LogP contribution in [0.5, 0.6) is 0 Å². The zero-order chi connectivity index (χ0) is 42.2. The molecule has 0 aromatic heterocycles. The Hall–Kier alpha value is -5.52. The fourth-order valence-corrected chi connectivity index (χ4v) is 9.03. The molecule has 8 rings (SSSR count). The molecule has 312 valence electrons. The molecule has 6 aromatic rings. The van der Waals surface area contributed by atoms with Crippen LogP contribution in [0.15, 0.2) is 176 Å². The number of hydrogen-bond acceptors (Lipinski definition) is 7. The normalized spacial score (nSPS) is 20.4. The average Bonchev–Trinajstić information content (AvgIpc) is 3.54. The van der Waals surface area contributed by atoms with Gasteiger partial charge < -0.3 is 23.7 Å². The van der Waals surface area contributed by atoms with Crippen LogP contribution in [-0.4, -0.2) is 68.6 Å². The van der Waals surface area contributed by atoms with Crippen molar-refractivity contribution in [3.63, 3.8) is 0 Å². The fraction of sp³-hybridized carbons (Fsp3) is 0.269. The monoisotopic (exact) mass is 831 g/mol. The second-order valence-electron chi connectivity index (χ2n) is 16.9. The van der Waals surface area contributed by atoms with Gasteiger partial charge >= 0.3 is 0 Å². The van der Waals surface area contributed by atoms with Crippen LogP contribution in [0.3, 0.4) is 0 Å². The molecule has 0 saturated carbocycles. The molecule has 1 saturated heterocycles. The molecule has 6 aromatic carbocycles. The van der Waals surface area contributed by atoms with Gasteiger partial charge in [-0.3, -0.25) is 14.5 Å². The van der Waals surface area contributed by atoms with Gasteiger partial charge in [-0.1, -0.05) is 183 Å². The maximum atomic E-state index is 14.5. The van der Waals surface area contributed by atoms with Gasteiger partial charge in [-0.05, 0) is 46.0 Å². The van der Waals surface area contributed by atoms with Crippen LogP contribution in [0.2, 0.25) is 25.7 Å². The number of hydrogen-bond donors (Lipinski definition) is 0. The van der Waals surface area contributed by atoms with E-state index in [0.717, 1.165) is 33.9 Å². The van der Waals surface area contributed by atoms with E-state index >= 15 is 0 Å². The van der Waals surface area contributed by atoms with Crippen LogP contribution in [0.4, 0.5) is 0 Å². The summed E-state index contributed by atoms with van der Waals surface area (Å²) in [6.07, 6.45) is -3.59. The predicted molar refractivity (Wildman–Crippen MR) is 239 cm³/mol. The van der Waals surface area contributed by atoms with Crippen LogP contribution < -0.4 is 0 Å². The number of carbonyl (C=O) groups excluding carboxylic acids is 2. The molecule has 0 spiro atoms. The molecule has 8 nitrogen and oxygen atoms in total. The van der Waals surface area contributed by atoms with Gasteiger partial charge in [0.1, 0.15) is 30.0 Å². The number of ether oxygens (including phenoxy) is 5. The lowest BCUT2D eigenvalue weighted by molar-refractivity contribution is -0.300. The van der Waals surface area contributed by atoms with Gasteiger partial charge in [0.2, 0.25) is 0 Å². The van der Waals surface area contributed by atoms with Crippen molar-refractivity contribution in [1.29, 1.82) is 0 Å². The van der Waals surface area contributed by atoms with E-state index in [2.05, 4.69) is 56.0 Å². The molecule has 0 unspecified atom stereocenters. The van der Waals surface area contributed by atoms with Gasteiger partial charge in [-0.25, -0.2) is 0 Å². The molecule has 1 fully saturated rings. The molecule has 0 N–H and O–H groups in total. The summed E-state index contributed by atoms with van der Waals surface area (Å²) in [5.74, 6) is -0.844. The second-order valence-corrected chi connectivity index (χ2v) is 22.5. The first-order valence-electron chi connectivity index (χ1n) is 21.1. The van der Waals surface area contributed by atoms with Crippen LogP contribution in [0.25, 0.3) is 0 Å². The Balaban J connectivity index is 1.25. The van der Waals surface area contributed by atoms with Crippen LogP contribution in [-0.2, 0) is 42.5 Å². The third-order valence-corrected chi connectivity index (χ3v) is 13.2. The topological polar surface area (TPSA) is 83.5 Å². The average molecular weight is 832 g/mol. The van der Waals surface area contributed by atoms with Gasteiger partial charge in [-0.2, -0.15) is 0 Å². The number of imide groups is 1. The third-order valence-electron chi connectivity index (χ3n) is 11.4. The van der Waals surface area contributed by atoms with Crippen molar-refractivity contribution in [1.82, 2.24) is 4.90 Å². The van der Waals surface area contributed by atoms with E-state index < -0.39 is 56.1 Å². The zero-order valence-electron chi connectivity index (χ0n) is 35.0. The Morgan fingerprint density at radius 2 is 0.951 bits per heavy atom. The summed E-state index contributed by atoms with van der Waals surface area (Å²) in [7, 11) is -1.59. The first-order chi connectivity index (χ1) is 29.7. The SMILES string of the molecule is C[Si](C)(C)CCO[C@@H]1O[C@H](COC(c2ccccc2)(c2ccccc2)c2ccccc2)[C@@H](OCc2ccccc2)[C@H](OCc2ccccc2)[C@H]1N1C(=O)c2ccccc2C1=O. The van der Waals surface area contributed by atoms with E-state index in [9.17, 15) is 9.59 Å². The van der Waals surface area contributed by atoms with E-state index in [1.807, 2.05) is 115 Å². The van der Waals surface area contributed by atoms with Crippen molar-refractivity contribution in [2.75, 3.05) is 13.2 Å². The van der Waals surface area contributed by atoms with Crippen molar-refractivity contribution >= 4 is 19.9 Å². The molecule has 5 atom stereocenters. The van der Waals surface area contributed by atoms with E-state index in [4.69, 9.17) is 23.7 Å². The minimum absolute atomic E-state index is 0.0338. The number of fused-ring (bicyclic) bond motifs is 1. The molecule has 0 bridgehead atoms. The van der Waals surface area contributed by atoms with E-state index in [0.29, 0.717) is 17.7 Å². The number of rotatable bonds is 17. The Morgan fingerprint density at radius 1 is 0.541 bits per heavy atom. The summed E-state index contributed by atoms with van der Waals surface area (Å²) < 4.78 is 35.3. The number of carbonyl (C=O) groups is 2. The van der Waals surface area contributed by atoms with Crippen LogP contribution >= 0.6 is 0 Å². The highest BCUT2D eigenvalue weighted by molar-refractivity contribution is 6.76. The minimum Gasteiger partial charge on any atom is -0.368 e. The highest BCUT2D eigenvalue weighted by Gasteiger charge is 2.56. The van der Waals surface area contributed by atoms with Crippen LogP contribution in [0, 0.1) is 0 Å². The fourth-order valence-electron chi connectivity index (χ4n) is 8.30. The highest BCUT2D eigenvalue weighted by atomic mass is 28.3. The summed E-state index contributed by atoms with van der Waals surface area (Å²) in [4.78, 5) is 30.2. The number of amides is 2. The standard InChI is InChI=1S/C52H53NO7Si/c1-61(2,3)34-33-56-51-46(53-49(54)43-31-19-20-32-44(43)50(53)55)48(58-36-39-23-11-5-12-24-39)47(57-35-38-21-9-4-10-22-38)45(60-51)37-59-52(40-25-13-6-14-26-40,41-27-15-7-16-28-41)42-29-17-8-18-30-42/h4-32,45-48,51H,33-37H2,1-3H3/t45-,46-,47-,48-,51-/m1/s1. The Kier molecular flexibility index (Phi) is 13.2. The summed E-state index contributed by atoms with van der Waals surface area (Å²) >= 11 is 0. The van der Waals surface area contributed by atoms with E-state index in [1.54, 1.807) is 24.3 Å². The molecule has 2 aliphatic heterocycles. The second kappa shape index (κ2) is 19.0. The lowest BCUT2D eigenvalue weighted by atomic mass is 9.80. The summed E-state index contributed by atoms with van der Waals surface area (Å²) in [6, 6.07) is 57.1. The lowest BCUT2D eigenvalue weighted by Gasteiger charge is -2.49. The van der Waals surface area contributed by atoms with E-state index in [1.165, 1.54) is 4.90 Å². The van der Waals surface area contributed by atoms with E-state index in [-0.39, 0.29) is 19.8 Å². The molecule has 2 amide bonds. The molecule has 0 radical (unpaired) electrons. The lowest BCUT2D eigenvalue weighted by Crippen LogP contribution is -2.67. The molecule has 61 heavy (non-hydrogen) atoms. The number of benzene rings is 6. The summed E-state index contributed by atoms with van der Waals surface area (Å²) in [5, 5.41) is 0. The van der Waals surface area contributed by atoms with Gasteiger partial charge in [0.05, 0.1) is 30.9 Å². The molecule has 2 heterocycles. The minimum atomic E-state index is -1.59. The molecule has 0 aliphatic carbocycles. The van der Waals surface area contributed by atoms with Crippen molar-refractivity contribution < 1.29 is 33.3 Å². The van der Waals surface area contributed by atoms with Crippen molar-refractivity contribution in [3.8, 4) is 0 Å². The summed E-state index contributed by atoms with van der Waals surface area (Å²) in [6.45, 7) is 7.66. The van der Waals surface area contributed by atoms with Gasteiger partial charge in [-0.15, -0.1) is 0 Å². The molecule has 2 aliphatic rings. The first kappa shape index (κ1) is 42.2. The molecule has 9 heteroatoms.